The number of rotatable bonds is 5. The Morgan fingerprint density at radius 2 is 2.11 bits per heavy atom. The molecule has 1 saturated carbocycles. The third-order valence-electron chi connectivity index (χ3n) is 3.72. The lowest BCUT2D eigenvalue weighted by molar-refractivity contribution is -0.169. The summed E-state index contributed by atoms with van der Waals surface area (Å²) in [5.41, 5.74) is 4.34. The number of nitrogen functional groups attached to an aromatic ring is 1. The quantitative estimate of drug-likeness (QED) is 0.704. The first kappa shape index (κ1) is 13.7. The zero-order chi connectivity index (χ0) is 13.9. The van der Waals surface area contributed by atoms with Crippen molar-refractivity contribution in [3.63, 3.8) is 0 Å². The van der Waals surface area contributed by atoms with Gasteiger partial charge in [0.15, 0.2) is 5.60 Å². The van der Waals surface area contributed by atoms with E-state index in [0.29, 0.717) is 11.4 Å². The predicted molar refractivity (Wildman–Crippen MR) is 70.9 cm³/mol. The molecule has 0 amide bonds. The molecule has 104 valence electrons. The number of carboxylic acids is 1. The average Bonchev–Trinajstić information content (AvgIpc) is 2.90. The molecule has 1 aliphatic rings. The maximum atomic E-state index is 11.3. The summed E-state index contributed by atoms with van der Waals surface area (Å²) >= 11 is 0. The van der Waals surface area contributed by atoms with E-state index < -0.39 is 11.6 Å². The lowest BCUT2D eigenvalue weighted by Gasteiger charge is -2.29. The van der Waals surface area contributed by atoms with Crippen LogP contribution in [0, 0.1) is 5.92 Å². The number of aliphatic carboxylic acids is 1. The third-order valence-corrected chi connectivity index (χ3v) is 3.72. The van der Waals surface area contributed by atoms with E-state index in [1.165, 1.54) is 0 Å². The van der Waals surface area contributed by atoms with Crippen molar-refractivity contribution in [2.75, 3.05) is 12.3 Å². The first-order valence-corrected chi connectivity index (χ1v) is 6.46. The van der Waals surface area contributed by atoms with Crippen molar-refractivity contribution < 1.29 is 19.7 Å². The molecule has 0 heterocycles. The smallest absolute Gasteiger partial charge is 0.339 e. The summed E-state index contributed by atoms with van der Waals surface area (Å²) < 4.78 is 5.41. The number of carbonyl (C=O) groups is 1. The standard InChI is InChI=1S/C14H19NO4/c15-11-6-3-7-12(8-11)19-9-14(18,13(16)17)10-4-1-2-5-10/h3,6-8,10,18H,1-2,4-5,9,15H2,(H,16,17). The molecule has 2 rings (SSSR count). The highest BCUT2D eigenvalue weighted by Crippen LogP contribution is 2.35. The van der Waals surface area contributed by atoms with Gasteiger partial charge in [0.1, 0.15) is 12.4 Å². The average molecular weight is 265 g/mol. The van der Waals surface area contributed by atoms with E-state index in [4.69, 9.17) is 10.5 Å². The van der Waals surface area contributed by atoms with Gasteiger partial charge in [-0.15, -0.1) is 0 Å². The number of carboxylic acid groups (broad SMARTS) is 1. The Labute approximate surface area is 112 Å². The SMILES string of the molecule is Nc1cccc(OCC(O)(C(=O)O)C2CCCC2)c1. The summed E-state index contributed by atoms with van der Waals surface area (Å²) in [6.45, 7) is -0.254. The van der Waals surface area contributed by atoms with Crippen LogP contribution in [0.2, 0.25) is 0 Å². The van der Waals surface area contributed by atoms with Crippen LogP contribution in [0.15, 0.2) is 24.3 Å². The van der Waals surface area contributed by atoms with Gasteiger partial charge in [-0.3, -0.25) is 0 Å². The molecule has 5 nitrogen and oxygen atoms in total. The van der Waals surface area contributed by atoms with Gasteiger partial charge in [-0.1, -0.05) is 18.9 Å². The van der Waals surface area contributed by atoms with Gasteiger partial charge in [-0.2, -0.15) is 0 Å². The molecule has 1 aliphatic carbocycles. The molecule has 5 heteroatoms. The topological polar surface area (TPSA) is 92.8 Å². The number of nitrogens with two attached hydrogens (primary N) is 1. The Balaban J connectivity index is 2.06. The van der Waals surface area contributed by atoms with Crippen molar-refractivity contribution in [1.82, 2.24) is 0 Å². The fourth-order valence-corrected chi connectivity index (χ4v) is 2.56. The van der Waals surface area contributed by atoms with Crippen LogP contribution >= 0.6 is 0 Å². The second-order valence-corrected chi connectivity index (χ2v) is 5.07. The van der Waals surface area contributed by atoms with Crippen molar-refractivity contribution in [3.05, 3.63) is 24.3 Å². The van der Waals surface area contributed by atoms with Crippen molar-refractivity contribution in [3.8, 4) is 5.75 Å². The minimum atomic E-state index is -1.82. The first-order chi connectivity index (χ1) is 9.02. The Hall–Kier alpha value is -1.75. The molecule has 0 aliphatic heterocycles. The molecule has 1 aromatic rings. The summed E-state index contributed by atoms with van der Waals surface area (Å²) in [5.74, 6) is -0.993. The van der Waals surface area contributed by atoms with E-state index >= 15 is 0 Å². The first-order valence-electron chi connectivity index (χ1n) is 6.46. The highest BCUT2D eigenvalue weighted by molar-refractivity contribution is 5.78. The van der Waals surface area contributed by atoms with Gasteiger partial charge in [0.05, 0.1) is 0 Å². The van der Waals surface area contributed by atoms with E-state index in [1.54, 1.807) is 24.3 Å². The molecular weight excluding hydrogens is 246 g/mol. The van der Waals surface area contributed by atoms with Crippen molar-refractivity contribution in [2.24, 2.45) is 5.92 Å². The summed E-state index contributed by atoms with van der Waals surface area (Å²) in [7, 11) is 0. The lowest BCUT2D eigenvalue weighted by Crippen LogP contribution is -2.50. The van der Waals surface area contributed by atoms with Gasteiger partial charge < -0.3 is 20.7 Å². The Bertz CT molecular complexity index is 457. The molecule has 0 radical (unpaired) electrons. The van der Waals surface area contributed by atoms with Crippen LogP contribution in [0.5, 0.6) is 5.75 Å². The van der Waals surface area contributed by atoms with Crippen LogP contribution in [0.25, 0.3) is 0 Å². The molecule has 0 saturated heterocycles. The largest absolute Gasteiger partial charge is 0.490 e. The molecule has 1 atom stereocenters. The Morgan fingerprint density at radius 1 is 1.42 bits per heavy atom. The fraction of sp³-hybridized carbons (Fsp3) is 0.500. The highest BCUT2D eigenvalue weighted by atomic mass is 16.5. The zero-order valence-corrected chi connectivity index (χ0v) is 10.7. The zero-order valence-electron chi connectivity index (χ0n) is 10.7. The van der Waals surface area contributed by atoms with Gasteiger partial charge in [-0.25, -0.2) is 4.79 Å². The van der Waals surface area contributed by atoms with Gasteiger partial charge in [0.2, 0.25) is 0 Å². The van der Waals surface area contributed by atoms with Crippen LogP contribution in [0.1, 0.15) is 25.7 Å². The monoisotopic (exact) mass is 265 g/mol. The van der Waals surface area contributed by atoms with Crippen LogP contribution in [0.4, 0.5) is 5.69 Å². The second kappa shape index (κ2) is 5.48. The maximum absolute atomic E-state index is 11.3. The Morgan fingerprint density at radius 3 is 2.68 bits per heavy atom. The van der Waals surface area contributed by atoms with Crippen LogP contribution < -0.4 is 10.5 Å². The number of benzene rings is 1. The number of aliphatic hydroxyl groups is 1. The van der Waals surface area contributed by atoms with E-state index in [0.717, 1.165) is 25.7 Å². The van der Waals surface area contributed by atoms with Crippen LogP contribution in [-0.2, 0) is 4.79 Å². The van der Waals surface area contributed by atoms with E-state index in [9.17, 15) is 15.0 Å². The molecule has 1 unspecified atom stereocenters. The molecule has 1 fully saturated rings. The van der Waals surface area contributed by atoms with Crippen LogP contribution in [0.3, 0.4) is 0 Å². The maximum Gasteiger partial charge on any atom is 0.339 e. The summed E-state index contributed by atoms with van der Waals surface area (Å²) in [4.78, 5) is 11.3. The summed E-state index contributed by atoms with van der Waals surface area (Å²) in [6, 6.07) is 6.73. The molecule has 1 aromatic carbocycles. The highest BCUT2D eigenvalue weighted by Gasteiger charge is 2.46. The fourth-order valence-electron chi connectivity index (χ4n) is 2.56. The van der Waals surface area contributed by atoms with Crippen molar-refractivity contribution >= 4 is 11.7 Å². The third kappa shape index (κ3) is 2.98. The summed E-state index contributed by atoms with van der Waals surface area (Å²) in [5, 5.41) is 19.6. The minimum absolute atomic E-state index is 0.244. The molecular formula is C14H19NO4. The van der Waals surface area contributed by atoms with E-state index in [-0.39, 0.29) is 12.5 Å². The van der Waals surface area contributed by atoms with Crippen molar-refractivity contribution in [2.45, 2.75) is 31.3 Å². The molecule has 0 aromatic heterocycles. The van der Waals surface area contributed by atoms with Gasteiger partial charge in [-0.05, 0) is 25.0 Å². The Kier molecular flexibility index (Phi) is 3.95. The second-order valence-electron chi connectivity index (χ2n) is 5.07. The number of anilines is 1. The van der Waals surface area contributed by atoms with Crippen molar-refractivity contribution in [1.29, 1.82) is 0 Å². The minimum Gasteiger partial charge on any atom is -0.490 e. The molecule has 19 heavy (non-hydrogen) atoms. The molecule has 0 bridgehead atoms. The number of ether oxygens (including phenoxy) is 1. The number of hydrogen-bond acceptors (Lipinski definition) is 4. The van der Waals surface area contributed by atoms with Gasteiger partial charge in [0, 0.05) is 17.7 Å². The van der Waals surface area contributed by atoms with E-state index in [1.807, 2.05) is 0 Å². The van der Waals surface area contributed by atoms with Crippen LogP contribution in [-0.4, -0.2) is 28.4 Å². The van der Waals surface area contributed by atoms with Gasteiger partial charge in [0.25, 0.3) is 0 Å². The predicted octanol–water partition coefficient (Wildman–Crippen LogP) is 1.65. The summed E-state index contributed by atoms with van der Waals surface area (Å²) in [6.07, 6.45) is 3.36. The molecule has 0 spiro atoms. The lowest BCUT2D eigenvalue weighted by atomic mass is 9.87. The molecule has 4 N–H and O–H groups in total. The number of hydrogen-bond donors (Lipinski definition) is 3. The normalized spacial score (nSPS) is 19.0. The van der Waals surface area contributed by atoms with Gasteiger partial charge >= 0.3 is 5.97 Å². The van der Waals surface area contributed by atoms with E-state index in [2.05, 4.69) is 0 Å².